The first-order chi connectivity index (χ1) is 16.9. The number of benzene rings is 2. The zero-order chi connectivity index (χ0) is 24.4. The summed E-state index contributed by atoms with van der Waals surface area (Å²) in [5.74, 6) is -1.31. The smallest absolute Gasteiger partial charge is 0.240 e. The Hall–Kier alpha value is -3.56. The number of anilines is 1. The van der Waals surface area contributed by atoms with Gasteiger partial charge in [0.1, 0.15) is 0 Å². The van der Waals surface area contributed by atoms with Crippen LogP contribution in [0.1, 0.15) is 49.6 Å². The molecule has 0 unspecified atom stereocenters. The van der Waals surface area contributed by atoms with Crippen LogP contribution >= 0.6 is 0 Å². The van der Waals surface area contributed by atoms with E-state index >= 15 is 0 Å². The van der Waals surface area contributed by atoms with Crippen molar-refractivity contribution in [1.82, 2.24) is 4.98 Å². The number of hydrogen-bond acceptors (Lipinski definition) is 5. The van der Waals surface area contributed by atoms with E-state index in [2.05, 4.69) is 11.1 Å². The van der Waals surface area contributed by atoms with Crippen LogP contribution in [0.25, 0.3) is 10.8 Å². The molecule has 0 radical (unpaired) electrons. The molecule has 3 aliphatic rings. The average Bonchev–Trinajstić information content (AvgIpc) is 3.43. The van der Waals surface area contributed by atoms with E-state index in [0.717, 1.165) is 54.3 Å². The van der Waals surface area contributed by atoms with E-state index in [1.165, 1.54) is 4.90 Å². The number of imide groups is 1. The highest BCUT2D eigenvalue weighted by Crippen LogP contribution is 2.62. The molecule has 35 heavy (non-hydrogen) atoms. The summed E-state index contributed by atoms with van der Waals surface area (Å²) in [7, 11) is 0. The van der Waals surface area contributed by atoms with Gasteiger partial charge in [0.25, 0.3) is 0 Å². The molecule has 0 N–H and O–H groups in total. The van der Waals surface area contributed by atoms with Crippen molar-refractivity contribution in [3.63, 3.8) is 0 Å². The Morgan fingerprint density at radius 2 is 1.80 bits per heavy atom. The number of amides is 2. The molecule has 0 saturated carbocycles. The number of carbonyl (C=O) groups is 2. The molecule has 2 bridgehead atoms. The SMILES string of the molecule is Cc1cccc(CCC[C@]23CC[C@](C)(O2)[C@@H]2C(=O)N(c4ccc(C#N)c5ccccc45)C(=O)[C@@H]23)n1. The third-order valence-electron chi connectivity index (χ3n) is 8.25. The Kier molecular flexibility index (Phi) is 4.84. The lowest BCUT2D eigenvalue weighted by atomic mass is 9.67. The second-order valence-electron chi connectivity index (χ2n) is 10.4. The highest BCUT2D eigenvalue weighted by molar-refractivity contribution is 6.26. The summed E-state index contributed by atoms with van der Waals surface area (Å²) in [6.07, 6.45) is 3.94. The standard InChI is InChI=1S/C29H27N3O3/c1-18-7-5-8-20(31-18)9-6-14-29-16-15-28(2,35-29)24-25(29)27(34)32(26(24)33)23-13-12-19(17-30)21-10-3-4-11-22(21)23/h3-5,7-8,10-13,24-25H,6,9,14-16H2,1-2H3/t24-,25+,28-,29+/m0/s1. The molecule has 6 heteroatoms. The van der Waals surface area contributed by atoms with Gasteiger partial charge in [0, 0.05) is 22.2 Å². The molecule has 6 nitrogen and oxygen atoms in total. The third-order valence-corrected chi connectivity index (χ3v) is 8.25. The zero-order valence-corrected chi connectivity index (χ0v) is 20.0. The summed E-state index contributed by atoms with van der Waals surface area (Å²) in [4.78, 5) is 33.8. The molecule has 1 aromatic heterocycles. The Morgan fingerprint density at radius 1 is 1.03 bits per heavy atom. The Balaban J connectivity index is 1.34. The number of carbonyl (C=O) groups excluding carboxylic acids is 2. The Morgan fingerprint density at radius 3 is 2.57 bits per heavy atom. The quantitative estimate of drug-likeness (QED) is 0.502. The van der Waals surface area contributed by atoms with Crippen LogP contribution in [0.3, 0.4) is 0 Å². The van der Waals surface area contributed by atoms with Gasteiger partial charge in [-0.25, -0.2) is 4.90 Å². The van der Waals surface area contributed by atoms with Crippen molar-refractivity contribution >= 4 is 28.3 Å². The van der Waals surface area contributed by atoms with Crippen LogP contribution in [0.5, 0.6) is 0 Å². The highest BCUT2D eigenvalue weighted by Gasteiger charge is 2.73. The topological polar surface area (TPSA) is 83.3 Å². The molecule has 0 aliphatic carbocycles. The van der Waals surface area contributed by atoms with Gasteiger partial charge in [0.05, 0.1) is 40.4 Å². The number of hydrogen-bond donors (Lipinski definition) is 0. The predicted octanol–water partition coefficient (Wildman–Crippen LogP) is 4.86. The molecular weight excluding hydrogens is 438 g/mol. The molecule has 3 aromatic rings. The summed E-state index contributed by atoms with van der Waals surface area (Å²) >= 11 is 0. The van der Waals surface area contributed by atoms with E-state index in [9.17, 15) is 14.9 Å². The van der Waals surface area contributed by atoms with E-state index in [1.54, 1.807) is 12.1 Å². The minimum Gasteiger partial charge on any atom is -0.367 e. The van der Waals surface area contributed by atoms with Crippen LogP contribution in [0.4, 0.5) is 5.69 Å². The lowest BCUT2D eigenvalue weighted by molar-refractivity contribution is -0.130. The first-order valence-electron chi connectivity index (χ1n) is 12.3. The minimum atomic E-state index is -0.629. The van der Waals surface area contributed by atoms with E-state index in [4.69, 9.17) is 4.74 Å². The van der Waals surface area contributed by atoms with Gasteiger partial charge in [0.15, 0.2) is 0 Å². The summed E-state index contributed by atoms with van der Waals surface area (Å²) in [6.45, 7) is 3.98. The van der Waals surface area contributed by atoms with Gasteiger partial charge in [0.2, 0.25) is 11.8 Å². The largest absolute Gasteiger partial charge is 0.367 e. The molecule has 0 spiro atoms. The summed E-state index contributed by atoms with van der Waals surface area (Å²) in [5, 5.41) is 11.0. The van der Waals surface area contributed by atoms with Crippen LogP contribution in [-0.2, 0) is 20.7 Å². The number of fused-ring (bicyclic) bond motifs is 6. The number of nitrogens with zero attached hydrogens (tertiary/aromatic N) is 3. The maximum atomic E-state index is 14.0. The average molecular weight is 466 g/mol. The number of ether oxygens (including phenoxy) is 1. The van der Waals surface area contributed by atoms with Gasteiger partial charge in [-0.2, -0.15) is 5.26 Å². The van der Waals surface area contributed by atoms with Crippen molar-refractivity contribution in [2.75, 3.05) is 4.90 Å². The van der Waals surface area contributed by atoms with Gasteiger partial charge in [-0.15, -0.1) is 0 Å². The number of aryl methyl sites for hydroxylation is 2. The lowest BCUT2D eigenvalue weighted by Gasteiger charge is -2.31. The highest BCUT2D eigenvalue weighted by atomic mass is 16.5. The van der Waals surface area contributed by atoms with Crippen molar-refractivity contribution in [2.24, 2.45) is 11.8 Å². The van der Waals surface area contributed by atoms with E-state index < -0.39 is 23.0 Å². The zero-order valence-electron chi connectivity index (χ0n) is 20.0. The van der Waals surface area contributed by atoms with Gasteiger partial charge in [-0.05, 0) is 70.2 Å². The number of nitriles is 1. The second kappa shape index (κ2) is 7.73. The molecule has 3 aliphatic heterocycles. The lowest BCUT2D eigenvalue weighted by Crippen LogP contribution is -2.42. The first-order valence-corrected chi connectivity index (χ1v) is 12.3. The van der Waals surface area contributed by atoms with Gasteiger partial charge in [-0.3, -0.25) is 14.6 Å². The van der Waals surface area contributed by atoms with E-state index in [1.807, 2.05) is 56.3 Å². The third kappa shape index (κ3) is 3.15. The molecule has 2 aromatic carbocycles. The fourth-order valence-electron chi connectivity index (χ4n) is 6.73. The molecule has 4 heterocycles. The molecule has 4 atom stereocenters. The molecule has 176 valence electrons. The molecular formula is C29H27N3O3. The van der Waals surface area contributed by atoms with Gasteiger partial charge < -0.3 is 4.74 Å². The van der Waals surface area contributed by atoms with E-state index in [0.29, 0.717) is 11.3 Å². The van der Waals surface area contributed by atoms with Gasteiger partial charge >= 0.3 is 0 Å². The molecule has 2 amide bonds. The van der Waals surface area contributed by atoms with Crippen molar-refractivity contribution in [3.8, 4) is 6.07 Å². The van der Waals surface area contributed by atoms with E-state index in [-0.39, 0.29) is 11.8 Å². The fraction of sp³-hybridized carbons (Fsp3) is 0.379. The summed E-state index contributed by atoms with van der Waals surface area (Å²) < 4.78 is 6.59. The molecule has 3 fully saturated rings. The Labute approximate surface area is 204 Å². The number of pyridine rings is 1. The second-order valence-corrected chi connectivity index (χ2v) is 10.4. The van der Waals surface area contributed by atoms with Crippen molar-refractivity contribution in [1.29, 1.82) is 5.26 Å². The Bertz CT molecular complexity index is 1430. The fourth-order valence-corrected chi connectivity index (χ4v) is 6.73. The molecule has 3 saturated heterocycles. The maximum absolute atomic E-state index is 14.0. The normalized spacial score (nSPS) is 29.1. The van der Waals surface area contributed by atoms with Gasteiger partial charge in [-0.1, -0.05) is 30.3 Å². The van der Waals surface area contributed by atoms with Crippen LogP contribution in [-0.4, -0.2) is 28.0 Å². The molecule has 6 rings (SSSR count). The van der Waals surface area contributed by atoms with Crippen molar-refractivity contribution in [2.45, 2.75) is 57.2 Å². The van der Waals surface area contributed by atoms with Crippen molar-refractivity contribution < 1.29 is 14.3 Å². The first kappa shape index (κ1) is 21.9. The monoisotopic (exact) mass is 465 g/mol. The predicted molar refractivity (Wildman–Crippen MR) is 132 cm³/mol. The van der Waals surface area contributed by atoms with Crippen LogP contribution in [0.15, 0.2) is 54.6 Å². The maximum Gasteiger partial charge on any atom is 0.240 e. The minimum absolute atomic E-state index is 0.174. The summed E-state index contributed by atoms with van der Waals surface area (Å²) in [6, 6.07) is 19.1. The number of rotatable bonds is 5. The van der Waals surface area contributed by atoms with Crippen LogP contribution in [0.2, 0.25) is 0 Å². The summed E-state index contributed by atoms with van der Waals surface area (Å²) in [5.41, 5.74) is 1.87. The van der Waals surface area contributed by atoms with Crippen LogP contribution < -0.4 is 4.90 Å². The van der Waals surface area contributed by atoms with Crippen molar-refractivity contribution in [3.05, 3.63) is 71.5 Å². The van der Waals surface area contributed by atoms with Crippen LogP contribution in [0, 0.1) is 30.1 Å². The number of aromatic nitrogens is 1.